The van der Waals surface area contributed by atoms with E-state index in [-0.39, 0.29) is 5.91 Å². The Hall–Kier alpha value is -2.49. The molecular formula is C16H18N2O2. The van der Waals surface area contributed by atoms with Gasteiger partial charge in [-0.25, -0.2) is 0 Å². The maximum absolute atomic E-state index is 12.2. The number of nitrogens with one attached hydrogen (secondary N) is 1. The number of benzene rings is 2. The van der Waals surface area contributed by atoms with E-state index in [1.165, 1.54) is 0 Å². The van der Waals surface area contributed by atoms with Crippen molar-refractivity contribution in [3.8, 4) is 5.75 Å². The van der Waals surface area contributed by atoms with Gasteiger partial charge in [-0.15, -0.1) is 0 Å². The molecule has 2 rings (SSSR count). The van der Waals surface area contributed by atoms with Gasteiger partial charge in [-0.3, -0.25) is 4.79 Å². The first kappa shape index (κ1) is 13.9. The number of anilines is 2. The molecule has 0 aliphatic rings. The number of aryl methyl sites for hydroxylation is 2. The molecule has 1 amide bonds. The van der Waals surface area contributed by atoms with Crippen LogP contribution in [-0.4, -0.2) is 13.0 Å². The van der Waals surface area contributed by atoms with Gasteiger partial charge in [0.05, 0.1) is 18.5 Å². The second-order valence-electron chi connectivity index (χ2n) is 4.71. The number of nitrogens with two attached hydrogens (primary N) is 1. The number of ether oxygens (including phenoxy) is 1. The standard InChI is InChI=1S/C16H18N2O2/c1-10-4-5-12(8-11(10)2)16(19)18-15-9-13(20-3)6-7-14(15)17/h4-9H,17H2,1-3H3,(H,18,19). The predicted octanol–water partition coefficient (Wildman–Crippen LogP) is 3.15. The van der Waals surface area contributed by atoms with Gasteiger partial charge in [0.15, 0.2) is 0 Å². The molecule has 0 saturated heterocycles. The van der Waals surface area contributed by atoms with Crippen molar-refractivity contribution in [1.82, 2.24) is 0 Å². The summed E-state index contributed by atoms with van der Waals surface area (Å²) in [5.74, 6) is 0.461. The summed E-state index contributed by atoms with van der Waals surface area (Å²) in [6.07, 6.45) is 0. The monoisotopic (exact) mass is 270 g/mol. The summed E-state index contributed by atoms with van der Waals surface area (Å²) in [5.41, 5.74) is 9.75. The molecule has 0 fully saturated rings. The van der Waals surface area contributed by atoms with Gasteiger partial charge in [-0.1, -0.05) is 6.07 Å². The number of carbonyl (C=O) groups is 1. The van der Waals surface area contributed by atoms with Gasteiger partial charge in [0.1, 0.15) is 5.75 Å². The van der Waals surface area contributed by atoms with E-state index in [9.17, 15) is 4.79 Å². The van der Waals surface area contributed by atoms with Gasteiger partial charge in [0, 0.05) is 11.6 Å². The minimum atomic E-state index is -0.187. The number of rotatable bonds is 3. The molecule has 0 atom stereocenters. The van der Waals surface area contributed by atoms with Crippen LogP contribution in [0.3, 0.4) is 0 Å². The smallest absolute Gasteiger partial charge is 0.255 e. The van der Waals surface area contributed by atoms with Crippen molar-refractivity contribution in [2.24, 2.45) is 0 Å². The molecule has 0 saturated carbocycles. The van der Waals surface area contributed by atoms with Crippen molar-refractivity contribution < 1.29 is 9.53 Å². The highest BCUT2D eigenvalue weighted by Crippen LogP contribution is 2.25. The molecule has 0 aliphatic heterocycles. The summed E-state index contributed by atoms with van der Waals surface area (Å²) >= 11 is 0. The van der Waals surface area contributed by atoms with Crippen molar-refractivity contribution >= 4 is 17.3 Å². The maximum Gasteiger partial charge on any atom is 0.255 e. The lowest BCUT2D eigenvalue weighted by atomic mass is 10.1. The van der Waals surface area contributed by atoms with Crippen LogP contribution in [0.15, 0.2) is 36.4 Å². The highest BCUT2D eigenvalue weighted by atomic mass is 16.5. The normalized spacial score (nSPS) is 10.2. The Labute approximate surface area is 118 Å². The Morgan fingerprint density at radius 1 is 1.10 bits per heavy atom. The Morgan fingerprint density at radius 2 is 1.85 bits per heavy atom. The number of hydrogen-bond acceptors (Lipinski definition) is 3. The van der Waals surface area contributed by atoms with Crippen molar-refractivity contribution in [3.05, 3.63) is 53.1 Å². The van der Waals surface area contributed by atoms with Crippen LogP contribution in [0.1, 0.15) is 21.5 Å². The summed E-state index contributed by atoms with van der Waals surface area (Å²) in [6, 6.07) is 10.7. The summed E-state index contributed by atoms with van der Waals surface area (Å²) in [6.45, 7) is 3.99. The summed E-state index contributed by atoms with van der Waals surface area (Å²) in [4.78, 5) is 12.2. The fraction of sp³-hybridized carbons (Fsp3) is 0.188. The van der Waals surface area contributed by atoms with Crippen LogP contribution >= 0.6 is 0 Å². The SMILES string of the molecule is COc1ccc(N)c(NC(=O)c2ccc(C)c(C)c2)c1. The second kappa shape index (κ2) is 5.65. The number of methoxy groups -OCH3 is 1. The molecule has 4 nitrogen and oxygen atoms in total. The van der Waals surface area contributed by atoms with E-state index in [1.807, 2.05) is 26.0 Å². The maximum atomic E-state index is 12.2. The van der Waals surface area contributed by atoms with Gasteiger partial charge in [0.25, 0.3) is 5.91 Å². The van der Waals surface area contributed by atoms with Crippen LogP contribution in [-0.2, 0) is 0 Å². The van der Waals surface area contributed by atoms with Gasteiger partial charge < -0.3 is 15.8 Å². The summed E-state index contributed by atoms with van der Waals surface area (Å²) in [7, 11) is 1.57. The van der Waals surface area contributed by atoms with Crippen LogP contribution in [0.2, 0.25) is 0 Å². The molecule has 0 unspecified atom stereocenters. The molecule has 4 heteroatoms. The third kappa shape index (κ3) is 2.91. The van der Waals surface area contributed by atoms with E-state index >= 15 is 0 Å². The third-order valence-electron chi connectivity index (χ3n) is 3.28. The minimum Gasteiger partial charge on any atom is -0.497 e. The third-order valence-corrected chi connectivity index (χ3v) is 3.28. The predicted molar refractivity (Wildman–Crippen MR) is 81.3 cm³/mol. The quantitative estimate of drug-likeness (QED) is 0.842. The molecule has 20 heavy (non-hydrogen) atoms. The molecular weight excluding hydrogens is 252 g/mol. The first-order valence-corrected chi connectivity index (χ1v) is 6.33. The van der Waals surface area contributed by atoms with Gasteiger partial charge >= 0.3 is 0 Å². The van der Waals surface area contributed by atoms with E-state index in [1.54, 1.807) is 31.4 Å². The lowest BCUT2D eigenvalue weighted by Crippen LogP contribution is -2.13. The van der Waals surface area contributed by atoms with Crippen molar-refractivity contribution in [2.45, 2.75) is 13.8 Å². The Morgan fingerprint density at radius 3 is 2.50 bits per heavy atom. The topological polar surface area (TPSA) is 64.3 Å². The molecule has 3 N–H and O–H groups in total. The van der Waals surface area contributed by atoms with Gasteiger partial charge in [-0.05, 0) is 49.2 Å². The molecule has 0 aromatic heterocycles. The molecule has 104 valence electrons. The fourth-order valence-corrected chi connectivity index (χ4v) is 1.85. The summed E-state index contributed by atoms with van der Waals surface area (Å²) < 4.78 is 5.13. The number of carbonyl (C=O) groups excluding carboxylic acids is 1. The zero-order valence-corrected chi connectivity index (χ0v) is 11.9. The Kier molecular flexibility index (Phi) is 3.94. The molecule has 0 heterocycles. The number of nitrogen functional groups attached to an aromatic ring is 1. The number of amides is 1. The lowest BCUT2D eigenvalue weighted by Gasteiger charge is -2.11. The molecule has 0 bridgehead atoms. The zero-order valence-electron chi connectivity index (χ0n) is 11.9. The highest BCUT2D eigenvalue weighted by molar-refractivity contribution is 6.06. The number of hydrogen-bond donors (Lipinski definition) is 2. The van der Waals surface area contributed by atoms with Gasteiger partial charge in [0.2, 0.25) is 0 Å². The van der Waals surface area contributed by atoms with E-state index in [4.69, 9.17) is 10.5 Å². The van der Waals surface area contributed by atoms with E-state index in [2.05, 4.69) is 5.32 Å². The van der Waals surface area contributed by atoms with Crippen LogP contribution in [0.5, 0.6) is 5.75 Å². The first-order chi connectivity index (χ1) is 9.51. The van der Waals surface area contributed by atoms with Crippen molar-refractivity contribution in [2.75, 3.05) is 18.2 Å². The largest absolute Gasteiger partial charge is 0.497 e. The van der Waals surface area contributed by atoms with Crippen LogP contribution < -0.4 is 15.8 Å². The van der Waals surface area contributed by atoms with E-state index in [0.29, 0.717) is 22.7 Å². The van der Waals surface area contributed by atoms with Crippen molar-refractivity contribution in [3.63, 3.8) is 0 Å². The van der Waals surface area contributed by atoms with Gasteiger partial charge in [-0.2, -0.15) is 0 Å². The average Bonchev–Trinajstić information content (AvgIpc) is 2.44. The Bertz CT molecular complexity index is 651. The second-order valence-corrected chi connectivity index (χ2v) is 4.71. The van der Waals surface area contributed by atoms with Crippen molar-refractivity contribution in [1.29, 1.82) is 0 Å². The van der Waals surface area contributed by atoms with Crippen LogP contribution in [0.4, 0.5) is 11.4 Å². The van der Waals surface area contributed by atoms with E-state index in [0.717, 1.165) is 11.1 Å². The minimum absolute atomic E-state index is 0.187. The highest BCUT2D eigenvalue weighted by Gasteiger charge is 2.09. The van der Waals surface area contributed by atoms with Crippen LogP contribution in [0, 0.1) is 13.8 Å². The lowest BCUT2D eigenvalue weighted by molar-refractivity contribution is 0.102. The molecule has 0 radical (unpaired) electrons. The molecule has 2 aromatic rings. The Balaban J connectivity index is 2.25. The molecule has 2 aromatic carbocycles. The van der Waals surface area contributed by atoms with E-state index < -0.39 is 0 Å². The first-order valence-electron chi connectivity index (χ1n) is 6.33. The molecule has 0 aliphatic carbocycles. The zero-order chi connectivity index (χ0) is 14.7. The average molecular weight is 270 g/mol. The summed E-state index contributed by atoms with van der Waals surface area (Å²) in [5, 5.41) is 2.80. The fourth-order valence-electron chi connectivity index (χ4n) is 1.85. The molecule has 0 spiro atoms. The van der Waals surface area contributed by atoms with Crippen LogP contribution in [0.25, 0.3) is 0 Å².